The SMILES string of the molecule is CSC1(C(N)=S)CCN(C(=O)C2CC3CC3C2)CC1. The molecular formula is C14H22N2OS2. The number of rotatable bonds is 3. The predicted molar refractivity (Wildman–Crippen MR) is 83.2 cm³/mol. The molecule has 3 fully saturated rings. The van der Waals surface area contributed by atoms with E-state index in [-0.39, 0.29) is 4.75 Å². The third kappa shape index (κ3) is 2.40. The highest BCUT2D eigenvalue weighted by Gasteiger charge is 2.49. The maximum atomic E-state index is 12.5. The number of thioether (sulfide) groups is 1. The Bertz CT molecular complexity index is 394. The highest BCUT2D eigenvalue weighted by atomic mass is 32.2. The smallest absolute Gasteiger partial charge is 0.225 e. The number of fused-ring (bicyclic) bond motifs is 1. The van der Waals surface area contributed by atoms with E-state index in [1.165, 1.54) is 6.42 Å². The fraction of sp³-hybridized carbons (Fsp3) is 0.857. The van der Waals surface area contributed by atoms with Crippen LogP contribution in [-0.4, -0.2) is 39.9 Å². The molecule has 0 aromatic carbocycles. The Kier molecular flexibility index (Phi) is 3.54. The van der Waals surface area contributed by atoms with Crippen molar-refractivity contribution in [2.45, 2.75) is 36.9 Å². The number of thiocarbonyl (C=S) groups is 1. The minimum atomic E-state index is -0.0794. The van der Waals surface area contributed by atoms with Crippen LogP contribution < -0.4 is 5.73 Å². The fourth-order valence-corrected chi connectivity index (χ4v) is 5.06. The van der Waals surface area contributed by atoms with Gasteiger partial charge in [-0.2, -0.15) is 11.8 Å². The van der Waals surface area contributed by atoms with Crippen molar-refractivity contribution >= 4 is 34.9 Å². The molecule has 19 heavy (non-hydrogen) atoms. The molecule has 1 heterocycles. The molecule has 0 spiro atoms. The summed E-state index contributed by atoms with van der Waals surface area (Å²) in [6, 6.07) is 0. The van der Waals surface area contributed by atoms with Crippen molar-refractivity contribution in [1.82, 2.24) is 4.90 Å². The molecule has 0 radical (unpaired) electrons. The number of hydrogen-bond donors (Lipinski definition) is 1. The van der Waals surface area contributed by atoms with Crippen LogP contribution in [0, 0.1) is 17.8 Å². The van der Waals surface area contributed by atoms with Gasteiger partial charge in [0.15, 0.2) is 0 Å². The van der Waals surface area contributed by atoms with Crippen LogP contribution in [0.3, 0.4) is 0 Å². The normalized spacial score (nSPS) is 35.8. The van der Waals surface area contributed by atoms with Gasteiger partial charge in [0.2, 0.25) is 5.91 Å². The summed E-state index contributed by atoms with van der Waals surface area (Å²) in [7, 11) is 0. The molecule has 1 aliphatic heterocycles. The van der Waals surface area contributed by atoms with Gasteiger partial charge in [0.05, 0.1) is 9.74 Å². The minimum absolute atomic E-state index is 0.0794. The van der Waals surface area contributed by atoms with Crippen LogP contribution in [-0.2, 0) is 4.79 Å². The van der Waals surface area contributed by atoms with Crippen LogP contribution in [0.1, 0.15) is 32.1 Å². The van der Waals surface area contributed by atoms with E-state index in [1.807, 2.05) is 0 Å². The number of hydrogen-bond acceptors (Lipinski definition) is 3. The highest BCUT2D eigenvalue weighted by molar-refractivity contribution is 8.02. The number of carbonyl (C=O) groups excluding carboxylic acids is 1. The van der Waals surface area contributed by atoms with E-state index in [2.05, 4.69) is 11.2 Å². The Morgan fingerprint density at radius 2 is 1.84 bits per heavy atom. The van der Waals surface area contributed by atoms with Crippen LogP contribution in [0.5, 0.6) is 0 Å². The van der Waals surface area contributed by atoms with E-state index in [0.29, 0.717) is 16.8 Å². The molecule has 2 N–H and O–H groups in total. The summed E-state index contributed by atoms with van der Waals surface area (Å²) in [5, 5.41) is 0. The Morgan fingerprint density at radius 3 is 2.32 bits per heavy atom. The van der Waals surface area contributed by atoms with Crippen molar-refractivity contribution < 1.29 is 4.79 Å². The zero-order chi connectivity index (χ0) is 13.6. The van der Waals surface area contributed by atoms with Crippen LogP contribution in [0.4, 0.5) is 0 Å². The Labute approximate surface area is 124 Å². The lowest BCUT2D eigenvalue weighted by Gasteiger charge is -2.40. The molecule has 0 aromatic heterocycles. The van der Waals surface area contributed by atoms with Crippen molar-refractivity contribution in [3.63, 3.8) is 0 Å². The molecule has 5 heteroatoms. The monoisotopic (exact) mass is 298 g/mol. The summed E-state index contributed by atoms with van der Waals surface area (Å²) in [4.78, 5) is 15.2. The number of amides is 1. The highest BCUT2D eigenvalue weighted by Crippen LogP contribution is 2.54. The largest absolute Gasteiger partial charge is 0.392 e. The van der Waals surface area contributed by atoms with E-state index >= 15 is 0 Å². The predicted octanol–water partition coefficient (Wildman–Crippen LogP) is 2.04. The Hall–Kier alpha value is -0.290. The minimum Gasteiger partial charge on any atom is -0.392 e. The second kappa shape index (κ2) is 4.92. The van der Waals surface area contributed by atoms with Crippen molar-refractivity contribution in [1.29, 1.82) is 0 Å². The molecule has 3 rings (SSSR count). The summed E-state index contributed by atoms with van der Waals surface area (Å²) >= 11 is 6.96. The molecule has 106 valence electrons. The van der Waals surface area contributed by atoms with Gasteiger partial charge in [0.25, 0.3) is 0 Å². The molecule has 0 aromatic rings. The molecule has 2 aliphatic carbocycles. The van der Waals surface area contributed by atoms with E-state index in [4.69, 9.17) is 18.0 Å². The first kappa shape index (κ1) is 13.7. The molecule has 1 saturated heterocycles. The van der Waals surface area contributed by atoms with Gasteiger partial charge < -0.3 is 10.6 Å². The van der Waals surface area contributed by atoms with Crippen molar-refractivity contribution in [2.75, 3.05) is 19.3 Å². The third-order valence-electron chi connectivity index (χ3n) is 5.32. The number of nitrogens with two attached hydrogens (primary N) is 1. The lowest BCUT2D eigenvalue weighted by Crippen LogP contribution is -2.51. The molecule has 2 atom stereocenters. The molecule has 0 bridgehead atoms. The van der Waals surface area contributed by atoms with E-state index in [1.54, 1.807) is 11.8 Å². The Balaban J connectivity index is 1.57. The zero-order valence-corrected chi connectivity index (χ0v) is 13.1. The van der Waals surface area contributed by atoms with Gasteiger partial charge >= 0.3 is 0 Å². The molecular weight excluding hydrogens is 276 g/mol. The van der Waals surface area contributed by atoms with Gasteiger partial charge in [0, 0.05) is 19.0 Å². The first-order chi connectivity index (χ1) is 9.05. The van der Waals surface area contributed by atoms with Crippen LogP contribution in [0.2, 0.25) is 0 Å². The van der Waals surface area contributed by atoms with Gasteiger partial charge in [-0.1, -0.05) is 12.2 Å². The third-order valence-corrected chi connectivity index (χ3v) is 7.24. The fourth-order valence-electron chi connectivity index (χ4n) is 3.81. The van der Waals surface area contributed by atoms with Crippen molar-refractivity contribution in [3.8, 4) is 0 Å². The van der Waals surface area contributed by atoms with Gasteiger partial charge in [-0.3, -0.25) is 4.79 Å². The van der Waals surface area contributed by atoms with Crippen molar-refractivity contribution in [2.24, 2.45) is 23.5 Å². The molecule has 3 aliphatic rings. The average molecular weight is 298 g/mol. The van der Waals surface area contributed by atoms with E-state index in [0.717, 1.165) is 50.6 Å². The van der Waals surface area contributed by atoms with Crippen LogP contribution in [0.15, 0.2) is 0 Å². The van der Waals surface area contributed by atoms with Gasteiger partial charge in [0.1, 0.15) is 0 Å². The molecule has 1 amide bonds. The summed E-state index contributed by atoms with van der Waals surface area (Å²) in [5.41, 5.74) is 5.89. The first-order valence-corrected chi connectivity index (χ1v) is 8.83. The lowest BCUT2D eigenvalue weighted by molar-refractivity contribution is -0.136. The van der Waals surface area contributed by atoms with Gasteiger partial charge in [-0.15, -0.1) is 0 Å². The summed E-state index contributed by atoms with van der Waals surface area (Å²) in [5.74, 6) is 2.46. The average Bonchev–Trinajstić information content (AvgIpc) is 3.04. The van der Waals surface area contributed by atoms with Gasteiger partial charge in [-0.25, -0.2) is 0 Å². The summed E-state index contributed by atoms with van der Waals surface area (Å²) in [6.07, 6.45) is 7.55. The zero-order valence-electron chi connectivity index (χ0n) is 11.4. The lowest BCUT2D eigenvalue weighted by atomic mass is 9.93. The quantitative estimate of drug-likeness (QED) is 0.810. The van der Waals surface area contributed by atoms with Gasteiger partial charge in [-0.05, 0) is 50.2 Å². The maximum Gasteiger partial charge on any atom is 0.225 e. The molecule has 3 nitrogen and oxygen atoms in total. The van der Waals surface area contributed by atoms with E-state index < -0.39 is 0 Å². The van der Waals surface area contributed by atoms with E-state index in [9.17, 15) is 4.79 Å². The second-order valence-electron chi connectivity index (χ2n) is 6.31. The van der Waals surface area contributed by atoms with Crippen molar-refractivity contribution in [3.05, 3.63) is 0 Å². The number of likely N-dealkylation sites (tertiary alicyclic amines) is 1. The number of piperidine rings is 1. The number of carbonyl (C=O) groups is 1. The number of nitrogens with zero attached hydrogens (tertiary/aromatic N) is 1. The first-order valence-electron chi connectivity index (χ1n) is 7.19. The maximum absolute atomic E-state index is 12.5. The standard InChI is InChI=1S/C14H22N2OS2/c1-19-14(13(15)18)2-4-16(5-3-14)12(17)11-7-9-6-10(9)8-11/h9-11H,2-8H2,1H3,(H2,15,18). The van der Waals surface area contributed by atoms with Crippen LogP contribution in [0.25, 0.3) is 0 Å². The Morgan fingerprint density at radius 1 is 1.26 bits per heavy atom. The summed E-state index contributed by atoms with van der Waals surface area (Å²) < 4.78 is -0.0794. The molecule has 2 saturated carbocycles. The molecule has 2 unspecified atom stereocenters. The van der Waals surface area contributed by atoms with Crippen LogP contribution >= 0.6 is 24.0 Å². The topological polar surface area (TPSA) is 46.3 Å². The second-order valence-corrected chi connectivity index (χ2v) is 7.94. The summed E-state index contributed by atoms with van der Waals surface area (Å²) in [6.45, 7) is 1.64.